The number of carboxylic acid groups (broad SMARTS) is 1. The van der Waals surface area contributed by atoms with E-state index in [9.17, 15) is 9.59 Å². The van der Waals surface area contributed by atoms with Crippen LogP contribution in [-0.2, 0) is 16.0 Å². The Morgan fingerprint density at radius 1 is 1.30 bits per heavy atom. The van der Waals surface area contributed by atoms with E-state index in [-0.39, 0.29) is 23.4 Å². The highest BCUT2D eigenvalue weighted by atomic mass is 16.5. The molecule has 1 fully saturated rings. The second-order valence-corrected chi connectivity index (χ2v) is 4.85. The zero-order valence-electron chi connectivity index (χ0n) is 11.0. The number of hydrogen-bond acceptors (Lipinski definition) is 4. The van der Waals surface area contributed by atoms with E-state index < -0.39 is 5.97 Å². The van der Waals surface area contributed by atoms with Gasteiger partial charge in [0.15, 0.2) is 0 Å². The minimum Gasteiger partial charge on any atom is -0.478 e. The summed E-state index contributed by atoms with van der Waals surface area (Å²) in [4.78, 5) is 22.6. The lowest BCUT2D eigenvalue weighted by Crippen LogP contribution is -2.41. The molecule has 1 aromatic rings. The van der Waals surface area contributed by atoms with Crippen molar-refractivity contribution < 1.29 is 19.4 Å². The fraction of sp³-hybridized carbons (Fsp3) is 0.429. The largest absolute Gasteiger partial charge is 0.478 e. The topological polar surface area (TPSA) is 102 Å². The smallest absolute Gasteiger partial charge is 0.335 e. The van der Waals surface area contributed by atoms with Crippen LogP contribution in [0.5, 0.6) is 0 Å². The number of aromatic carboxylic acids is 1. The first-order valence-corrected chi connectivity index (χ1v) is 6.51. The zero-order valence-corrected chi connectivity index (χ0v) is 11.0. The van der Waals surface area contributed by atoms with Crippen LogP contribution in [-0.4, -0.2) is 42.8 Å². The normalized spacial score (nSPS) is 21.6. The number of carbonyl (C=O) groups excluding carboxylic acids is 1. The Balaban J connectivity index is 1.78. The standard InChI is InChI=1S/C14H18N2O4/c15-12-8-20-7-11(12)13(17)16-6-5-9-1-3-10(4-2-9)14(18)19/h1-4,11-12H,5-8,15H2,(H,16,17)(H,18,19). The summed E-state index contributed by atoms with van der Waals surface area (Å²) in [5, 5.41) is 11.6. The summed E-state index contributed by atoms with van der Waals surface area (Å²) in [6.45, 7) is 1.30. The van der Waals surface area contributed by atoms with Gasteiger partial charge in [0.2, 0.25) is 5.91 Å². The Morgan fingerprint density at radius 3 is 2.55 bits per heavy atom. The molecule has 1 aliphatic rings. The molecule has 0 aromatic heterocycles. The molecular weight excluding hydrogens is 260 g/mol. The summed E-state index contributed by atoms with van der Waals surface area (Å²) >= 11 is 0. The molecule has 1 amide bonds. The fourth-order valence-corrected chi connectivity index (χ4v) is 2.12. The van der Waals surface area contributed by atoms with Crippen LogP contribution in [0.25, 0.3) is 0 Å². The lowest BCUT2D eigenvalue weighted by molar-refractivity contribution is -0.125. The maximum atomic E-state index is 11.8. The summed E-state index contributed by atoms with van der Waals surface area (Å²) in [5.41, 5.74) is 7.00. The van der Waals surface area contributed by atoms with E-state index in [1.165, 1.54) is 0 Å². The zero-order chi connectivity index (χ0) is 14.5. The van der Waals surface area contributed by atoms with E-state index in [1.807, 2.05) is 0 Å². The van der Waals surface area contributed by atoms with Crippen LogP contribution < -0.4 is 11.1 Å². The summed E-state index contributed by atoms with van der Waals surface area (Å²) in [5.74, 6) is -1.30. The van der Waals surface area contributed by atoms with Crippen molar-refractivity contribution in [3.05, 3.63) is 35.4 Å². The highest BCUT2D eigenvalue weighted by Crippen LogP contribution is 2.11. The van der Waals surface area contributed by atoms with Crippen molar-refractivity contribution in [1.82, 2.24) is 5.32 Å². The number of nitrogens with two attached hydrogens (primary N) is 1. The average Bonchev–Trinajstić information content (AvgIpc) is 2.85. The quantitative estimate of drug-likeness (QED) is 0.704. The van der Waals surface area contributed by atoms with Gasteiger partial charge in [0, 0.05) is 12.6 Å². The van der Waals surface area contributed by atoms with Gasteiger partial charge in [-0.2, -0.15) is 0 Å². The highest BCUT2D eigenvalue weighted by molar-refractivity contribution is 5.87. The van der Waals surface area contributed by atoms with E-state index >= 15 is 0 Å². The van der Waals surface area contributed by atoms with Crippen LogP contribution in [0.3, 0.4) is 0 Å². The SMILES string of the molecule is NC1COCC1C(=O)NCCc1ccc(C(=O)O)cc1. The molecule has 108 valence electrons. The number of amides is 1. The minimum atomic E-state index is -0.944. The van der Waals surface area contributed by atoms with Crippen molar-refractivity contribution in [2.45, 2.75) is 12.5 Å². The molecule has 0 radical (unpaired) electrons. The van der Waals surface area contributed by atoms with Gasteiger partial charge in [-0.05, 0) is 24.1 Å². The molecule has 2 rings (SSSR count). The molecule has 6 nitrogen and oxygen atoms in total. The molecule has 1 aliphatic heterocycles. The van der Waals surface area contributed by atoms with Crippen molar-refractivity contribution in [2.24, 2.45) is 11.7 Å². The molecule has 1 heterocycles. The summed E-state index contributed by atoms with van der Waals surface area (Å²) in [6, 6.07) is 6.38. The first-order valence-electron chi connectivity index (χ1n) is 6.51. The number of rotatable bonds is 5. The van der Waals surface area contributed by atoms with Crippen molar-refractivity contribution >= 4 is 11.9 Å². The van der Waals surface area contributed by atoms with Crippen molar-refractivity contribution in [2.75, 3.05) is 19.8 Å². The number of carbonyl (C=O) groups is 2. The molecular formula is C14H18N2O4. The van der Waals surface area contributed by atoms with Crippen molar-refractivity contribution in [3.8, 4) is 0 Å². The van der Waals surface area contributed by atoms with E-state index in [0.29, 0.717) is 26.2 Å². The van der Waals surface area contributed by atoms with Gasteiger partial charge in [0.05, 0.1) is 24.7 Å². The van der Waals surface area contributed by atoms with Gasteiger partial charge in [0.25, 0.3) is 0 Å². The molecule has 1 saturated heterocycles. The Bertz CT molecular complexity index is 486. The maximum Gasteiger partial charge on any atom is 0.335 e. The molecule has 20 heavy (non-hydrogen) atoms. The summed E-state index contributed by atoms with van der Waals surface area (Å²) in [7, 11) is 0. The molecule has 0 saturated carbocycles. The number of carboxylic acids is 1. The molecule has 2 atom stereocenters. The third kappa shape index (κ3) is 3.55. The first kappa shape index (κ1) is 14.5. The lowest BCUT2D eigenvalue weighted by Gasteiger charge is -2.13. The van der Waals surface area contributed by atoms with Gasteiger partial charge in [-0.15, -0.1) is 0 Å². The molecule has 0 spiro atoms. The number of benzene rings is 1. The van der Waals surface area contributed by atoms with Gasteiger partial charge in [-0.3, -0.25) is 4.79 Å². The van der Waals surface area contributed by atoms with E-state index in [0.717, 1.165) is 5.56 Å². The monoisotopic (exact) mass is 278 g/mol. The van der Waals surface area contributed by atoms with E-state index in [1.54, 1.807) is 24.3 Å². The van der Waals surface area contributed by atoms with Crippen LogP contribution in [0.1, 0.15) is 15.9 Å². The van der Waals surface area contributed by atoms with Gasteiger partial charge in [-0.1, -0.05) is 12.1 Å². The molecule has 6 heteroatoms. The summed E-state index contributed by atoms with van der Waals surface area (Å²) < 4.78 is 5.15. The van der Waals surface area contributed by atoms with Crippen LogP contribution in [0.15, 0.2) is 24.3 Å². The Labute approximate surface area is 116 Å². The van der Waals surface area contributed by atoms with Crippen LogP contribution in [0, 0.1) is 5.92 Å². The predicted molar refractivity (Wildman–Crippen MR) is 72.4 cm³/mol. The molecule has 4 N–H and O–H groups in total. The summed E-state index contributed by atoms with van der Waals surface area (Å²) in [6.07, 6.45) is 0.647. The Hall–Kier alpha value is -1.92. The molecule has 0 aliphatic carbocycles. The second kappa shape index (κ2) is 6.49. The fourth-order valence-electron chi connectivity index (χ4n) is 2.12. The second-order valence-electron chi connectivity index (χ2n) is 4.85. The highest BCUT2D eigenvalue weighted by Gasteiger charge is 2.30. The number of hydrogen-bond donors (Lipinski definition) is 3. The average molecular weight is 278 g/mol. The van der Waals surface area contributed by atoms with Crippen molar-refractivity contribution in [1.29, 1.82) is 0 Å². The number of ether oxygens (including phenoxy) is 1. The molecule has 2 unspecified atom stereocenters. The van der Waals surface area contributed by atoms with E-state index in [2.05, 4.69) is 5.32 Å². The predicted octanol–water partition coefficient (Wildman–Crippen LogP) is 0.0172. The third-order valence-corrected chi connectivity index (χ3v) is 3.38. The first-order chi connectivity index (χ1) is 9.58. The van der Waals surface area contributed by atoms with E-state index in [4.69, 9.17) is 15.6 Å². The van der Waals surface area contributed by atoms with Gasteiger partial charge in [0.1, 0.15) is 0 Å². The Morgan fingerprint density at radius 2 is 2.00 bits per heavy atom. The van der Waals surface area contributed by atoms with Crippen molar-refractivity contribution in [3.63, 3.8) is 0 Å². The van der Waals surface area contributed by atoms with Gasteiger partial charge < -0.3 is 20.9 Å². The lowest BCUT2D eigenvalue weighted by atomic mass is 10.0. The van der Waals surface area contributed by atoms with Gasteiger partial charge in [-0.25, -0.2) is 4.79 Å². The van der Waals surface area contributed by atoms with Gasteiger partial charge >= 0.3 is 5.97 Å². The minimum absolute atomic E-state index is 0.0860. The third-order valence-electron chi connectivity index (χ3n) is 3.38. The Kier molecular flexibility index (Phi) is 4.70. The van der Waals surface area contributed by atoms with Crippen LogP contribution in [0.4, 0.5) is 0 Å². The molecule has 1 aromatic carbocycles. The maximum absolute atomic E-state index is 11.8. The van der Waals surface area contributed by atoms with Crippen LogP contribution in [0.2, 0.25) is 0 Å². The number of nitrogens with one attached hydrogen (secondary N) is 1. The van der Waals surface area contributed by atoms with Crippen LogP contribution >= 0.6 is 0 Å². The molecule has 0 bridgehead atoms.